The van der Waals surface area contributed by atoms with Crippen molar-refractivity contribution in [1.29, 1.82) is 0 Å². The number of hydroxylamine groups is 1. The van der Waals surface area contributed by atoms with E-state index in [1.165, 1.54) is 38.5 Å². The van der Waals surface area contributed by atoms with E-state index in [-0.39, 0.29) is 22.7 Å². The molecule has 2 aliphatic heterocycles. The van der Waals surface area contributed by atoms with E-state index in [9.17, 15) is 19.7 Å². The van der Waals surface area contributed by atoms with Crippen molar-refractivity contribution < 1.29 is 33.6 Å². The first-order valence-electron chi connectivity index (χ1n) is 11.3. The van der Waals surface area contributed by atoms with Crippen LogP contribution in [0, 0.1) is 16.0 Å². The van der Waals surface area contributed by atoms with Gasteiger partial charge in [-0.15, -0.1) is 0 Å². The number of rotatable bonds is 7. The molecule has 190 valence electrons. The Morgan fingerprint density at radius 3 is 2.16 bits per heavy atom. The highest BCUT2D eigenvalue weighted by atomic mass is 16.7. The van der Waals surface area contributed by atoms with Crippen LogP contribution in [-0.2, 0) is 14.4 Å². The first-order valence-corrected chi connectivity index (χ1v) is 11.3. The third-order valence-electron chi connectivity index (χ3n) is 6.49. The molecule has 3 aromatic carbocycles. The summed E-state index contributed by atoms with van der Waals surface area (Å²) in [5, 5.41) is 13.5. The van der Waals surface area contributed by atoms with Crippen molar-refractivity contribution in [3.63, 3.8) is 0 Å². The maximum Gasteiger partial charge on any atom is 0.278 e. The van der Waals surface area contributed by atoms with Crippen LogP contribution in [0.2, 0.25) is 0 Å². The lowest BCUT2D eigenvalue weighted by molar-refractivity contribution is -0.385. The smallest absolute Gasteiger partial charge is 0.278 e. The van der Waals surface area contributed by atoms with Crippen molar-refractivity contribution in [2.24, 2.45) is 5.92 Å². The number of nitrogens with zero attached hydrogens (tertiary/aromatic N) is 3. The maximum atomic E-state index is 13.8. The average Bonchev–Trinajstić information content (AvgIpc) is 3.43. The number of nitro benzene ring substituents is 1. The van der Waals surface area contributed by atoms with Crippen molar-refractivity contribution in [2.45, 2.75) is 12.1 Å². The SMILES string of the molecule is COc1cccc(N2C(=O)[C@H]3[C@@H](ON(c4ccccc4)[C@H]3c3cc(OC)c(OC)cc3[N+](=O)[O-])C2=O)c1. The lowest BCUT2D eigenvalue weighted by atomic mass is 9.89. The van der Waals surface area contributed by atoms with Gasteiger partial charge in [0.2, 0.25) is 5.91 Å². The zero-order chi connectivity index (χ0) is 26.3. The quantitative estimate of drug-likeness (QED) is 0.269. The molecule has 11 heteroatoms. The number of nitro groups is 1. The zero-order valence-corrected chi connectivity index (χ0v) is 20.2. The third-order valence-corrected chi connectivity index (χ3v) is 6.49. The molecule has 0 aliphatic carbocycles. The second kappa shape index (κ2) is 9.43. The van der Waals surface area contributed by atoms with E-state index in [2.05, 4.69) is 0 Å². The molecule has 37 heavy (non-hydrogen) atoms. The molecule has 3 aromatic rings. The van der Waals surface area contributed by atoms with Crippen molar-refractivity contribution >= 4 is 28.9 Å². The summed E-state index contributed by atoms with van der Waals surface area (Å²) in [5.74, 6) is -1.33. The molecule has 0 radical (unpaired) electrons. The fourth-order valence-corrected chi connectivity index (χ4v) is 4.81. The first-order chi connectivity index (χ1) is 17.9. The number of ether oxygens (including phenoxy) is 3. The standard InChI is InChI=1S/C26H23N3O8/c1-34-17-11-7-10-16(12-17)27-25(30)22-23(18-13-20(35-2)21(36-3)14-19(18)29(32)33)28(37-24(22)26(27)31)15-8-5-4-6-9-15/h4-14,22-24H,1-3H3/t22-,23+,24-/m1/s1. The summed E-state index contributed by atoms with van der Waals surface area (Å²) in [6.07, 6.45) is -1.20. The summed E-state index contributed by atoms with van der Waals surface area (Å²) in [5.41, 5.74) is 0.694. The van der Waals surface area contributed by atoms with Crippen LogP contribution in [0.5, 0.6) is 17.2 Å². The maximum absolute atomic E-state index is 13.8. The third kappa shape index (κ3) is 3.89. The molecule has 0 saturated carbocycles. The van der Waals surface area contributed by atoms with Gasteiger partial charge in [0, 0.05) is 6.07 Å². The van der Waals surface area contributed by atoms with E-state index < -0.39 is 34.8 Å². The Kier molecular flexibility index (Phi) is 6.14. The Hall–Kier alpha value is -4.64. The van der Waals surface area contributed by atoms with Crippen LogP contribution in [-0.4, -0.2) is 44.2 Å². The highest BCUT2D eigenvalue weighted by molar-refractivity contribution is 6.24. The highest BCUT2D eigenvalue weighted by Gasteiger charge is 2.61. The van der Waals surface area contributed by atoms with Gasteiger partial charge in [-0.3, -0.25) is 24.5 Å². The molecule has 11 nitrogen and oxygen atoms in total. The van der Waals surface area contributed by atoms with Crippen LogP contribution >= 0.6 is 0 Å². The second-order valence-corrected chi connectivity index (χ2v) is 8.39. The number of fused-ring (bicyclic) bond motifs is 1. The molecule has 0 aromatic heterocycles. The number of carbonyl (C=O) groups excluding carboxylic acids is 2. The number of benzene rings is 3. The lowest BCUT2D eigenvalue weighted by Crippen LogP contribution is -2.37. The molecule has 2 aliphatic rings. The normalized spacial score (nSPS) is 20.7. The molecule has 2 fully saturated rings. The second-order valence-electron chi connectivity index (χ2n) is 8.39. The minimum absolute atomic E-state index is 0.146. The van der Waals surface area contributed by atoms with Crippen molar-refractivity contribution in [3.8, 4) is 17.2 Å². The van der Waals surface area contributed by atoms with Gasteiger partial charge in [-0.1, -0.05) is 24.3 Å². The number of amides is 2. The number of imide groups is 1. The van der Waals surface area contributed by atoms with Gasteiger partial charge >= 0.3 is 0 Å². The van der Waals surface area contributed by atoms with Gasteiger partial charge in [0.05, 0.1) is 49.3 Å². The Bertz CT molecular complexity index is 1380. The van der Waals surface area contributed by atoms with Crippen molar-refractivity contribution in [2.75, 3.05) is 31.3 Å². The van der Waals surface area contributed by atoms with E-state index in [0.717, 1.165) is 4.90 Å². The fraction of sp³-hybridized carbons (Fsp3) is 0.231. The molecule has 0 N–H and O–H groups in total. The average molecular weight is 505 g/mol. The number of carbonyl (C=O) groups is 2. The van der Waals surface area contributed by atoms with Gasteiger partial charge in [-0.2, -0.15) is 0 Å². The molecular formula is C26H23N3O8. The molecule has 0 spiro atoms. The first kappa shape index (κ1) is 24.1. The Balaban J connectivity index is 1.68. The van der Waals surface area contributed by atoms with Gasteiger partial charge < -0.3 is 14.2 Å². The number of methoxy groups -OCH3 is 3. The topological polar surface area (TPSA) is 121 Å². The summed E-state index contributed by atoms with van der Waals surface area (Å²) in [7, 11) is 4.26. The van der Waals surface area contributed by atoms with E-state index in [0.29, 0.717) is 17.1 Å². The van der Waals surface area contributed by atoms with Crippen LogP contribution in [0.25, 0.3) is 0 Å². The van der Waals surface area contributed by atoms with Crippen LogP contribution in [0.1, 0.15) is 11.6 Å². The van der Waals surface area contributed by atoms with Gasteiger partial charge in [-0.05, 0) is 30.3 Å². The largest absolute Gasteiger partial charge is 0.497 e. The van der Waals surface area contributed by atoms with E-state index in [4.69, 9.17) is 19.0 Å². The van der Waals surface area contributed by atoms with E-state index >= 15 is 0 Å². The molecule has 2 saturated heterocycles. The summed E-state index contributed by atoms with van der Waals surface area (Å²) < 4.78 is 15.9. The van der Waals surface area contributed by atoms with Crippen molar-refractivity contribution in [1.82, 2.24) is 0 Å². The number of anilines is 2. The summed E-state index contributed by atoms with van der Waals surface area (Å²) in [6.45, 7) is 0. The number of hydrogen-bond acceptors (Lipinski definition) is 9. The monoisotopic (exact) mass is 505 g/mol. The van der Waals surface area contributed by atoms with Crippen LogP contribution in [0.3, 0.4) is 0 Å². The summed E-state index contributed by atoms with van der Waals surface area (Å²) >= 11 is 0. The predicted octanol–water partition coefficient (Wildman–Crippen LogP) is 3.67. The fourth-order valence-electron chi connectivity index (χ4n) is 4.81. The molecule has 2 heterocycles. The van der Waals surface area contributed by atoms with Crippen LogP contribution in [0.15, 0.2) is 66.7 Å². The van der Waals surface area contributed by atoms with Gasteiger partial charge in [-0.25, -0.2) is 9.96 Å². The molecule has 0 bridgehead atoms. The summed E-state index contributed by atoms with van der Waals surface area (Å²) in [4.78, 5) is 46.1. The Morgan fingerprint density at radius 1 is 0.838 bits per heavy atom. The van der Waals surface area contributed by atoms with E-state index in [1.807, 2.05) is 0 Å². The molecule has 2 amide bonds. The highest BCUT2D eigenvalue weighted by Crippen LogP contribution is 2.51. The predicted molar refractivity (Wildman–Crippen MR) is 132 cm³/mol. The summed E-state index contributed by atoms with van der Waals surface area (Å²) in [6, 6.07) is 17.0. The zero-order valence-electron chi connectivity index (χ0n) is 20.2. The molecule has 5 rings (SSSR count). The number of para-hydroxylation sites is 1. The lowest BCUT2D eigenvalue weighted by Gasteiger charge is -2.29. The minimum Gasteiger partial charge on any atom is -0.497 e. The van der Waals surface area contributed by atoms with Gasteiger partial charge in [0.15, 0.2) is 17.6 Å². The molecule has 0 unspecified atom stereocenters. The van der Waals surface area contributed by atoms with Gasteiger partial charge in [0.25, 0.3) is 11.6 Å². The van der Waals surface area contributed by atoms with Crippen molar-refractivity contribution in [3.05, 3.63) is 82.4 Å². The van der Waals surface area contributed by atoms with Crippen LogP contribution < -0.4 is 24.2 Å². The minimum atomic E-state index is -1.20. The van der Waals surface area contributed by atoms with E-state index in [1.54, 1.807) is 54.6 Å². The molecule has 3 atom stereocenters. The molecular weight excluding hydrogens is 482 g/mol. The van der Waals surface area contributed by atoms with Crippen LogP contribution in [0.4, 0.5) is 17.1 Å². The Morgan fingerprint density at radius 2 is 1.51 bits per heavy atom. The Labute approximate surface area is 211 Å². The van der Waals surface area contributed by atoms with Gasteiger partial charge in [0.1, 0.15) is 17.7 Å². The number of hydrogen-bond donors (Lipinski definition) is 0.